The van der Waals surface area contributed by atoms with Gasteiger partial charge >= 0.3 is 0 Å². The number of nitrogens with zero attached hydrogens (tertiary/aromatic N) is 2. The number of hydrogen-bond acceptors (Lipinski definition) is 5. The molecule has 2 rings (SSSR count). The first kappa shape index (κ1) is 14.6. The maximum absolute atomic E-state index is 5.88. The number of benzene rings is 1. The molecule has 0 aliphatic heterocycles. The Morgan fingerprint density at radius 3 is 2.70 bits per heavy atom. The highest BCUT2D eigenvalue weighted by molar-refractivity contribution is 9.10. The summed E-state index contributed by atoms with van der Waals surface area (Å²) in [4.78, 5) is 8.40. The van der Waals surface area contributed by atoms with Crippen LogP contribution in [0.2, 0.25) is 0 Å². The van der Waals surface area contributed by atoms with E-state index in [1.165, 1.54) is 6.33 Å². The predicted octanol–water partition coefficient (Wildman–Crippen LogP) is 3.64. The highest BCUT2D eigenvalue weighted by Crippen LogP contribution is 2.34. The lowest BCUT2D eigenvalue weighted by Gasteiger charge is -2.13. The molecule has 0 radical (unpaired) electrons. The molecule has 20 heavy (non-hydrogen) atoms. The van der Waals surface area contributed by atoms with Crippen molar-refractivity contribution in [3.05, 3.63) is 34.6 Å². The molecule has 0 saturated heterocycles. The van der Waals surface area contributed by atoms with E-state index in [1.807, 2.05) is 32.2 Å². The molecular weight excluding hydrogens is 322 g/mol. The van der Waals surface area contributed by atoms with Crippen LogP contribution in [0.25, 0.3) is 0 Å². The molecule has 0 fully saturated rings. The van der Waals surface area contributed by atoms with Crippen molar-refractivity contribution < 1.29 is 9.47 Å². The zero-order chi connectivity index (χ0) is 14.5. The summed E-state index contributed by atoms with van der Waals surface area (Å²) in [7, 11) is 3.45. The Morgan fingerprint density at radius 1 is 1.30 bits per heavy atom. The molecule has 0 amide bonds. The van der Waals surface area contributed by atoms with Gasteiger partial charge in [-0.25, -0.2) is 9.97 Å². The van der Waals surface area contributed by atoms with E-state index in [9.17, 15) is 0 Å². The van der Waals surface area contributed by atoms with Crippen LogP contribution in [-0.2, 0) is 6.42 Å². The summed E-state index contributed by atoms with van der Waals surface area (Å²) in [6.07, 6.45) is 2.26. The Hall–Kier alpha value is -1.82. The summed E-state index contributed by atoms with van der Waals surface area (Å²) >= 11 is 3.46. The fourth-order valence-electron chi connectivity index (χ4n) is 1.81. The van der Waals surface area contributed by atoms with E-state index in [0.29, 0.717) is 11.6 Å². The van der Waals surface area contributed by atoms with Crippen molar-refractivity contribution in [2.75, 3.05) is 19.5 Å². The summed E-state index contributed by atoms with van der Waals surface area (Å²) < 4.78 is 11.8. The summed E-state index contributed by atoms with van der Waals surface area (Å²) in [6, 6.07) is 5.52. The molecule has 0 aliphatic carbocycles. The lowest BCUT2D eigenvalue weighted by molar-refractivity contribution is 0.411. The molecular formula is C14H16BrN3O2. The van der Waals surface area contributed by atoms with Gasteiger partial charge in [0.2, 0.25) is 5.88 Å². The topological polar surface area (TPSA) is 56.3 Å². The van der Waals surface area contributed by atoms with Crippen LogP contribution in [0.1, 0.15) is 12.5 Å². The average molecular weight is 338 g/mol. The first-order chi connectivity index (χ1) is 9.69. The molecule has 1 aromatic carbocycles. The normalized spacial score (nSPS) is 10.2. The average Bonchev–Trinajstić information content (AvgIpc) is 2.48. The van der Waals surface area contributed by atoms with E-state index < -0.39 is 0 Å². The van der Waals surface area contributed by atoms with Gasteiger partial charge in [-0.1, -0.05) is 6.92 Å². The minimum atomic E-state index is 0.553. The largest absolute Gasteiger partial charge is 0.497 e. The van der Waals surface area contributed by atoms with Crippen molar-refractivity contribution in [2.45, 2.75) is 13.3 Å². The van der Waals surface area contributed by atoms with Crippen LogP contribution in [0.15, 0.2) is 29.0 Å². The molecule has 106 valence electrons. The molecule has 5 nitrogen and oxygen atoms in total. The fourth-order valence-corrected chi connectivity index (χ4v) is 2.25. The van der Waals surface area contributed by atoms with Crippen molar-refractivity contribution in [3.8, 4) is 17.4 Å². The van der Waals surface area contributed by atoms with Crippen molar-refractivity contribution in [1.29, 1.82) is 0 Å². The molecule has 1 aromatic heterocycles. The lowest BCUT2D eigenvalue weighted by Crippen LogP contribution is -2.02. The van der Waals surface area contributed by atoms with E-state index in [0.717, 1.165) is 28.0 Å². The Bertz CT molecular complexity index is 605. The minimum absolute atomic E-state index is 0.553. The van der Waals surface area contributed by atoms with Gasteiger partial charge in [0.25, 0.3) is 0 Å². The molecule has 1 N–H and O–H groups in total. The van der Waals surface area contributed by atoms with Crippen molar-refractivity contribution in [3.63, 3.8) is 0 Å². The van der Waals surface area contributed by atoms with Gasteiger partial charge < -0.3 is 14.8 Å². The van der Waals surface area contributed by atoms with Gasteiger partial charge in [0, 0.05) is 7.05 Å². The number of nitrogens with one attached hydrogen (secondary N) is 1. The van der Waals surface area contributed by atoms with Crippen LogP contribution < -0.4 is 14.8 Å². The molecule has 0 saturated carbocycles. The Kier molecular flexibility index (Phi) is 4.79. The number of hydrogen-bond donors (Lipinski definition) is 1. The van der Waals surface area contributed by atoms with Crippen LogP contribution in [0.5, 0.6) is 17.4 Å². The SMILES string of the molecule is CCc1c(NC)ncnc1Oc1ccc(OC)cc1Br. The maximum atomic E-state index is 5.88. The summed E-state index contributed by atoms with van der Waals surface area (Å²) in [5.41, 5.74) is 0.942. The van der Waals surface area contributed by atoms with Gasteiger partial charge in [-0.05, 0) is 40.5 Å². The fraction of sp³-hybridized carbons (Fsp3) is 0.286. The quantitative estimate of drug-likeness (QED) is 0.902. The molecule has 0 aliphatic rings. The third kappa shape index (κ3) is 3.01. The first-order valence-corrected chi connectivity index (χ1v) is 7.01. The number of halogens is 1. The molecule has 0 bridgehead atoms. The van der Waals surface area contributed by atoms with Crippen LogP contribution in [0.4, 0.5) is 5.82 Å². The number of rotatable bonds is 5. The predicted molar refractivity (Wildman–Crippen MR) is 81.7 cm³/mol. The second-order valence-corrected chi connectivity index (χ2v) is 4.86. The molecule has 0 unspecified atom stereocenters. The Labute approximate surface area is 126 Å². The second kappa shape index (κ2) is 6.56. The molecule has 0 atom stereocenters. The summed E-state index contributed by atoms with van der Waals surface area (Å²) in [6.45, 7) is 2.04. The van der Waals surface area contributed by atoms with Crippen LogP contribution in [0, 0.1) is 0 Å². The molecule has 1 heterocycles. The monoisotopic (exact) mass is 337 g/mol. The van der Waals surface area contributed by atoms with Gasteiger partial charge in [0.15, 0.2) is 0 Å². The zero-order valence-electron chi connectivity index (χ0n) is 11.6. The smallest absolute Gasteiger partial charge is 0.227 e. The highest BCUT2D eigenvalue weighted by atomic mass is 79.9. The Morgan fingerprint density at radius 2 is 2.10 bits per heavy atom. The number of ether oxygens (including phenoxy) is 2. The number of aromatic nitrogens is 2. The Balaban J connectivity index is 2.35. The van der Waals surface area contributed by atoms with E-state index in [4.69, 9.17) is 9.47 Å². The van der Waals surface area contributed by atoms with Crippen molar-refractivity contribution >= 4 is 21.7 Å². The molecule has 0 spiro atoms. The maximum Gasteiger partial charge on any atom is 0.227 e. The number of methoxy groups -OCH3 is 1. The van der Waals surface area contributed by atoms with Crippen LogP contribution in [0.3, 0.4) is 0 Å². The van der Waals surface area contributed by atoms with Crippen molar-refractivity contribution in [1.82, 2.24) is 9.97 Å². The highest BCUT2D eigenvalue weighted by Gasteiger charge is 2.12. The standard InChI is InChI=1S/C14H16BrN3O2/c1-4-10-13(16-2)17-8-18-14(10)20-12-6-5-9(19-3)7-11(12)15/h5-8H,4H2,1-3H3,(H,16,17,18). The van der Waals surface area contributed by atoms with Crippen LogP contribution >= 0.6 is 15.9 Å². The van der Waals surface area contributed by atoms with E-state index >= 15 is 0 Å². The van der Waals surface area contributed by atoms with Gasteiger partial charge in [-0.3, -0.25) is 0 Å². The van der Waals surface area contributed by atoms with Gasteiger partial charge in [0.1, 0.15) is 23.6 Å². The summed E-state index contributed by atoms with van der Waals surface area (Å²) in [5, 5.41) is 3.04. The third-order valence-corrected chi connectivity index (χ3v) is 3.46. The molecule has 6 heteroatoms. The minimum Gasteiger partial charge on any atom is -0.497 e. The van der Waals surface area contributed by atoms with E-state index in [-0.39, 0.29) is 0 Å². The van der Waals surface area contributed by atoms with Gasteiger partial charge in [-0.15, -0.1) is 0 Å². The van der Waals surface area contributed by atoms with Crippen molar-refractivity contribution in [2.24, 2.45) is 0 Å². The summed E-state index contributed by atoms with van der Waals surface area (Å²) in [5.74, 6) is 2.78. The third-order valence-electron chi connectivity index (χ3n) is 2.84. The van der Waals surface area contributed by atoms with Crippen LogP contribution in [-0.4, -0.2) is 24.1 Å². The molecule has 2 aromatic rings. The zero-order valence-corrected chi connectivity index (χ0v) is 13.2. The van der Waals surface area contributed by atoms with Gasteiger partial charge in [0.05, 0.1) is 17.1 Å². The van der Waals surface area contributed by atoms with E-state index in [1.54, 1.807) is 7.11 Å². The lowest BCUT2D eigenvalue weighted by atomic mass is 10.2. The second-order valence-electron chi connectivity index (χ2n) is 4.01. The first-order valence-electron chi connectivity index (χ1n) is 6.22. The van der Waals surface area contributed by atoms with E-state index in [2.05, 4.69) is 31.2 Å². The number of anilines is 1. The van der Waals surface area contributed by atoms with Gasteiger partial charge in [-0.2, -0.15) is 0 Å².